The lowest BCUT2D eigenvalue weighted by atomic mass is 9.99. The highest BCUT2D eigenvalue weighted by Gasteiger charge is 2.26. The molecule has 59 heavy (non-hydrogen) atoms. The standard InChI is InChI=1S/C47H38ClFN4O6/c48-39-27-36(16-20-42(39)58-28-30-6-3-10-35(49)24-30)52-46-38-25-33(15-19-40(38)50-29-51-46)31-13-17-37(18-14-31)57-23-22-56-21-5-9-32-7-1-2-11-41(32)59-43-12-4-8-34-26-44(54)53-47(55)45(34)43/h1-4,6-8,10-20,24-25,27,29H,5,9,21-23,26,28H2,(H,50,51,52)(H,53,54,55). The number of halogens is 2. The number of aryl methyl sites for hydroxylation is 1. The predicted octanol–water partition coefficient (Wildman–Crippen LogP) is 10.0. The van der Waals surface area contributed by atoms with Crippen molar-refractivity contribution in [2.75, 3.05) is 25.1 Å². The summed E-state index contributed by atoms with van der Waals surface area (Å²) in [5, 5.41) is 6.98. The number of anilines is 2. The Bertz CT molecular complexity index is 2640. The molecular formula is C47H38ClFN4O6. The predicted molar refractivity (Wildman–Crippen MR) is 224 cm³/mol. The highest BCUT2D eigenvalue weighted by atomic mass is 35.5. The summed E-state index contributed by atoms with van der Waals surface area (Å²) in [5.74, 6) is 1.84. The van der Waals surface area contributed by atoms with E-state index in [9.17, 15) is 14.0 Å². The molecule has 8 rings (SSSR count). The molecule has 1 aliphatic rings. The van der Waals surface area contributed by atoms with Crippen LogP contribution in [0.4, 0.5) is 15.9 Å². The molecule has 0 radical (unpaired) electrons. The minimum absolute atomic E-state index is 0.142. The molecule has 0 bridgehead atoms. The number of amides is 2. The number of hydrogen-bond acceptors (Lipinski definition) is 9. The van der Waals surface area contributed by atoms with Crippen LogP contribution in [0.15, 0.2) is 134 Å². The summed E-state index contributed by atoms with van der Waals surface area (Å²) in [4.78, 5) is 33.3. The van der Waals surface area contributed by atoms with Crippen molar-refractivity contribution in [3.05, 3.63) is 167 Å². The minimum Gasteiger partial charge on any atom is -0.491 e. The van der Waals surface area contributed by atoms with E-state index in [4.69, 9.17) is 30.5 Å². The SMILES string of the molecule is O=C1Cc2cccc(Oc3ccccc3CCCOCCOc3ccc(-c4ccc5ncnc(Nc6ccc(OCc7cccc(F)c7)c(Cl)c6)c5c4)cc3)c2C(=O)N1. The van der Waals surface area contributed by atoms with Crippen LogP contribution in [-0.4, -0.2) is 41.6 Å². The van der Waals surface area contributed by atoms with Gasteiger partial charge in [-0.3, -0.25) is 14.9 Å². The van der Waals surface area contributed by atoms with Gasteiger partial charge < -0.3 is 24.3 Å². The van der Waals surface area contributed by atoms with Crippen molar-refractivity contribution in [1.82, 2.24) is 15.3 Å². The van der Waals surface area contributed by atoms with Gasteiger partial charge in [0.15, 0.2) is 0 Å². The fraction of sp³-hybridized carbons (Fsp3) is 0.149. The number of imide groups is 1. The molecule has 0 fully saturated rings. The second kappa shape index (κ2) is 18.2. The maximum absolute atomic E-state index is 13.6. The summed E-state index contributed by atoms with van der Waals surface area (Å²) < 4.78 is 37.4. The molecule has 2 N–H and O–H groups in total. The smallest absolute Gasteiger partial charge is 0.261 e. The van der Waals surface area contributed by atoms with E-state index in [0.717, 1.165) is 45.5 Å². The van der Waals surface area contributed by atoms with Gasteiger partial charge in [0.25, 0.3) is 5.91 Å². The van der Waals surface area contributed by atoms with E-state index in [0.29, 0.717) is 71.0 Å². The number of rotatable bonds is 16. The molecule has 296 valence electrons. The van der Waals surface area contributed by atoms with Gasteiger partial charge in [-0.1, -0.05) is 72.3 Å². The average Bonchev–Trinajstić information content (AvgIpc) is 3.24. The fourth-order valence-corrected chi connectivity index (χ4v) is 7.02. The minimum atomic E-state index is -0.445. The van der Waals surface area contributed by atoms with Crippen LogP contribution in [-0.2, 0) is 29.0 Å². The van der Waals surface area contributed by atoms with Crippen LogP contribution in [0.3, 0.4) is 0 Å². The second-order valence-electron chi connectivity index (χ2n) is 13.8. The van der Waals surface area contributed by atoms with Crippen molar-refractivity contribution in [3.63, 3.8) is 0 Å². The first-order chi connectivity index (χ1) is 28.9. The summed E-state index contributed by atoms with van der Waals surface area (Å²) in [7, 11) is 0. The summed E-state index contributed by atoms with van der Waals surface area (Å²) in [6.07, 6.45) is 3.13. The quantitative estimate of drug-likeness (QED) is 0.0726. The van der Waals surface area contributed by atoms with E-state index >= 15 is 0 Å². The lowest BCUT2D eigenvalue weighted by Crippen LogP contribution is -2.37. The normalized spacial score (nSPS) is 12.2. The number of benzene rings is 6. The molecule has 0 saturated carbocycles. The van der Waals surface area contributed by atoms with Gasteiger partial charge in [0, 0.05) is 17.7 Å². The molecule has 6 aromatic carbocycles. The second-order valence-corrected chi connectivity index (χ2v) is 14.2. The van der Waals surface area contributed by atoms with E-state index in [1.807, 2.05) is 72.8 Å². The highest BCUT2D eigenvalue weighted by molar-refractivity contribution is 6.32. The van der Waals surface area contributed by atoms with Gasteiger partial charge in [-0.15, -0.1) is 0 Å². The van der Waals surface area contributed by atoms with Crippen LogP contribution in [0.5, 0.6) is 23.0 Å². The van der Waals surface area contributed by atoms with Crippen molar-refractivity contribution in [3.8, 4) is 34.1 Å². The average molecular weight is 809 g/mol. The Morgan fingerprint density at radius 2 is 1.58 bits per heavy atom. The third kappa shape index (κ3) is 9.66. The van der Waals surface area contributed by atoms with Crippen LogP contribution in [0.25, 0.3) is 22.0 Å². The molecule has 1 aliphatic heterocycles. The van der Waals surface area contributed by atoms with Crippen LogP contribution in [0, 0.1) is 5.82 Å². The number of nitrogens with one attached hydrogen (secondary N) is 2. The fourth-order valence-electron chi connectivity index (χ4n) is 6.79. The molecular weight excluding hydrogens is 771 g/mol. The van der Waals surface area contributed by atoms with Crippen molar-refractivity contribution < 1.29 is 32.9 Å². The summed E-state index contributed by atoms with van der Waals surface area (Å²) in [6.45, 7) is 1.56. The monoisotopic (exact) mass is 808 g/mol. The van der Waals surface area contributed by atoms with Crippen LogP contribution >= 0.6 is 11.6 Å². The van der Waals surface area contributed by atoms with E-state index < -0.39 is 5.91 Å². The van der Waals surface area contributed by atoms with E-state index in [2.05, 4.69) is 20.6 Å². The first kappa shape index (κ1) is 39.0. The van der Waals surface area contributed by atoms with Gasteiger partial charge in [0.05, 0.1) is 29.1 Å². The van der Waals surface area contributed by atoms with E-state index in [-0.39, 0.29) is 24.8 Å². The maximum atomic E-state index is 13.6. The van der Waals surface area contributed by atoms with Crippen molar-refractivity contribution in [2.45, 2.75) is 25.9 Å². The molecule has 0 spiro atoms. The third-order valence-corrected chi connectivity index (χ3v) is 9.96. The van der Waals surface area contributed by atoms with Crippen LogP contribution in [0.2, 0.25) is 5.02 Å². The molecule has 0 atom stereocenters. The molecule has 12 heteroatoms. The summed E-state index contributed by atoms with van der Waals surface area (Å²) in [5.41, 5.74) is 6.24. The van der Waals surface area contributed by atoms with Crippen molar-refractivity contribution in [1.29, 1.82) is 0 Å². The van der Waals surface area contributed by atoms with Gasteiger partial charge in [0.1, 0.15) is 54.2 Å². The van der Waals surface area contributed by atoms with Gasteiger partial charge in [0.2, 0.25) is 5.91 Å². The lowest BCUT2D eigenvalue weighted by molar-refractivity contribution is -0.119. The number of fused-ring (bicyclic) bond motifs is 2. The molecule has 0 aliphatic carbocycles. The Kier molecular flexibility index (Phi) is 12.0. The third-order valence-electron chi connectivity index (χ3n) is 9.67. The highest BCUT2D eigenvalue weighted by Crippen LogP contribution is 2.34. The zero-order valence-corrected chi connectivity index (χ0v) is 32.5. The Morgan fingerprint density at radius 1 is 0.746 bits per heavy atom. The molecule has 0 unspecified atom stereocenters. The molecule has 2 amide bonds. The molecule has 7 aromatic rings. The van der Waals surface area contributed by atoms with E-state index in [1.165, 1.54) is 18.5 Å². The number of carbonyl (C=O) groups is 2. The Morgan fingerprint density at radius 3 is 2.44 bits per heavy atom. The Hall–Kier alpha value is -6.82. The number of ether oxygens (including phenoxy) is 4. The number of nitrogens with zero attached hydrogens (tertiary/aromatic N) is 2. The lowest BCUT2D eigenvalue weighted by Gasteiger charge is -2.19. The largest absolute Gasteiger partial charge is 0.491 e. The Balaban J connectivity index is 0.812. The van der Waals surface area contributed by atoms with Gasteiger partial charge in [-0.25, -0.2) is 14.4 Å². The number of para-hydroxylation sites is 1. The number of aromatic nitrogens is 2. The summed E-state index contributed by atoms with van der Waals surface area (Å²) >= 11 is 6.55. The van der Waals surface area contributed by atoms with Gasteiger partial charge in [-0.2, -0.15) is 0 Å². The molecule has 2 heterocycles. The first-order valence-corrected chi connectivity index (χ1v) is 19.5. The Labute approximate surface area is 344 Å². The van der Waals surface area contributed by atoms with Gasteiger partial charge in [-0.05, 0) is 107 Å². The zero-order chi connectivity index (χ0) is 40.6. The van der Waals surface area contributed by atoms with Crippen molar-refractivity contribution >= 4 is 45.8 Å². The topological polar surface area (TPSA) is 121 Å². The number of carbonyl (C=O) groups excluding carboxylic acids is 2. The van der Waals surface area contributed by atoms with Crippen LogP contribution in [0.1, 0.15) is 33.5 Å². The first-order valence-electron chi connectivity index (χ1n) is 19.1. The zero-order valence-electron chi connectivity index (χ0n) is 31.8. The number of hydrogen-bond donors (Lipinski definition) is 2. The van der Waals surface area contributed by atoms with Crippen LogP contribution < -0.4 is 24.8 Å². The molecule has 10 nitrogen and oxygen atoms in total. The van der Waals surface area contributed by atoms with E-state index in [1.54, 1.807) is 42.5 Å². The maximum Gasteiger partial charge on any atom is 0.261 e. The molecule has 0 saturated heterocycles. The van der Waals surface area contributed by atoms with Gasteiger partial charge >= 0.3 is 0 Å². The van der Waals surface area contributed by atoms with Crippen molar-refractivity contribution in [2.24, 2.45) is 0 Å². The molecule has 1 aromatic heterocycles. The summed E-state index contributed by atoms with van der Waals surface area (Å²) in [6, 6.07) is 38.5.